The van der Waals surface area contributed by atoms with Gasteiger partial charge in [0.15, 0.2) is 5.82 Å². The van der Waals surface area contributed by atoms with Crippen molar-refractivity contribution in [2.45, 2.75) is 31.7 Å². The van der Waals surface area contributed by atoms with Crippen LogP contribution in [-0.2, 0) is 0 Å². The number of H-pyrrole nitrogens is 1. The zero-order valence-corrected chi connectivity index (χ0v) is 11.3. The fourth-order valence-corrected chi connectivity index (χ4v) is 2.07. The van der Waals surface area contributed by atoms with Crippen molar-refractivity contribution in [2.75, 3.05) is 5.32 Å². The monoisotopic (exact) mass is 309 g/mol. The van der Waals surface area contributed by atoms with Crippen molar-refractivity contribution in [3.8, 4) is 0 Å². The summed E-state index contributed by atoms with van der Waals surface area (Å²) in [6, 6.07) is 1.79. The Labute approximate surface area is 112 Å². The normalized spacial score (nSPS) is 16.6. The van der Waals surface area contributed by atoms with Gasteiger partial charge in [-0.15, -0.1) is 10.2 Å². The summed E-state index contributed by atoms with van der Waals surface area (Å²) < 4.78 is 0.794. The molecule has 0 bridgehead atoms. The lowest BCUT2D eigenvalue weighted by Crippen LogP contribution is -2.11. The van der Waals surface area contributed by atoms with Crippen LogP contribution in [0.1, 0.15) is 43.4 Å². The van der Waals surface area contributed by atoms with Gasteiger partial charge < -0.3 is 5.32 Å². The first kappa shape index (κ1) is 11.5. The first-order chi connectivity index (χ1) is 8.72. The Morgan fingerprint density at radius 1 is 1.44 bits per heavy atom. The minimum absolute atomic E-state index is 0.0578. The molecule has 0 spiro atoms. The van der Waals surface area contributed by atoms with E-state index in [1.165, 1.54) is 12.8 Å². The summed E-state index contributed by atoms with van der Waals surface area (Å²) in [6.45, 7) is 1.96. The number of nitrogens with zero attached hydrogens (tertiary/aromatic N) is 5. The van der Waals surface area contributed by atoms with Crippen LogP contribution >= 0.6 is 15.9 Å². The van der Waals surface area contributed by atoms with Crippen molar-refractivity contribution in [3.05, 3.63) is 22.3 Å². The van der Waals surface area contributed by atoms with E-state index in [0.717, 1.165) is 16.2 Å². The molecule has 0 aliphatic heterocycles. The molecule has 2 aromatic rings. The molecule has 1 fully saturated rings. The Morgan fingerprint density at radius 2 is 2.28 bits per heavy atom. The molecule has 8 heteroatoms. The minimum Gasteiger partial charge on any atom is -0.360 e. The van der Waals surface area contributed by atoms with Crippen LogP contribution in [0.15, 0.2) is 10.7 Å². The molecule has 18 heavy (non-hydrogen) atoms. The number of rotatable bonds is 4. The van der Waals surface area contributed by atoms with Crippen molar-refractivity contribution >= 4 is 21.7 Å². The highest BCUT2D eigenvalue weighted by Gasteiger charge is 2.27. The van der Waals surface area contributed by atoms with Gasteiger partial charge in [0.25, 0.3) is 0 Å². The lowest BCUT2D eigenvalue weighted by atomic mass is 10.3. The van der Waals surface area contributed by atoms with Gasteiger partial charge >= 0.3 is 0 Å². The van der Waals surface area contributed by atoms with Gasteiger partial charge in [0.05, 0.1) is 6.04 Å². The second-order valence-corrected chi connectivity index (χ2v) is 5.16. The molecule has 1 unspecified atom stereocenters. The number of tetrazole rings is 1. The number of anilines is 1. The van der Waals surface area contributed by atoms with Gasteiger partial charge in [-0.25, -0.2) is 9.97 Å². The Balaban J connectivity index is 1.79. The average molecular weight is 310 g/mol. The Kier molecular flexibility index (Phi) is 2.94. The molecule has 0 aromatic carbocycles. The minimum atomic E-state index is -0.0578. The van der Waals surface area contributed by atoms with Gasteiger partial charge in [0, 0.05) is 12.0 Å². The Hall–Kier alpha value is -1.57. The summed E-state index contributed by atoms with van der Waals surface area (Å²) in [5.74, 6) is 2.80. The zero-order chi connectivity index (χ0) is 12.5. The third-order valence-electron chi connectivity index (χ3n) is 2.77. The summed E-state index contributed by atoms with van der Waals surface area (Å²) in [7, 11) is 0. The molecule has 0 amide bonds. The molecule has 1 atom stereocenters. The molecule has 3 rings (SSSR count). The molecule has 0 radical (unpaired) electrons. The van der Waals surface area contributed by atoms with Gasteiger partial charge in [0.2, 0.25) is 0 Å². The maximum absolute atomic E-state index is 4.51. The smallest absolute Gasteiger partial charge is 0.196 e. The van der Waals surface area contributed by atoms with E-state index >= 15 is 0 Å². The number of hydrogen-bond acceptors (Lipinski definition) is 6. The summed E-state index contributed by atoms with van der Waals surface area (Å²) >= 11 is 3.41. The van der Waals surface area contributed by atoms with Crippen LogP contribution < -0.4 is 5.32 Å². The van der Waals surface area contributed by atoms with Crippen LogP contribution in [0.4, 0.5) is 5.82 Å². The molecule has 2 N–H and O–H groups in total. The summed E-state index contributed by atoms with van der Waals surface area (Å²) in [4.78, 5) is 8.89. The van der Waals surface area contributed by atoms with Gasteiger partial charge in [-0.05, 0) is 35.7 Å². The zero-order valence-electron chi connectivity index (χ0n) is 9.76. The maximum Gasteiger partial charge on any atom is 0.196 e. The quantitative estimate of drug-likeness (QED) is 0.837. The largest absolute Gasteiger partial charge is 0.360 e. The SMILES string of the molecule is CC(Nc1cc(Br)nc(C2CC2)n1)c1nn[nH]n1. The van der Waals surface area contributed by atoms with Crippen LogP contribution in [0.3, 0.4) is 0 Å². The number of aromatic nitrogens is 6. The van der Waals surface area contributed by atoms with Crippen molar-refractivity contribution in [1.82, 2.24) is 30.6 Å². The fraction of sp³-hybridized carbons (Fsp3) is 0.500. The lowest BCUT2D eigenvalue weighted by Gasteiger charge is -2.11. The highest BCUT2D eigenvalue weighted by atomic mass is 79.9. The van der Waals surface area contributed by atoms with Gasteiger partial charge in [-0.2, -0.15) is 5.21 Å². The number of nitrogens with one attached hydrogen (secondary N) is 2. The summed E-state index contributed by atoms with van der Waals surface area (Å²) in [5.41, 5.74) is 0. The van der Waals surface area contributed by atoms with Crippen LogP contribution in [0, 0.1) is 0 Å². The second kappa shape index (κ2) is 4.60. The molecule has 2 heterocycles. The molecule has 7 nitrogen and oxygen atoms in total. The van der Waals surface area contributed by atoms with Crippen LogP contribution in [0.25, 0.3) is 0 Å². The van der Waals surface area contributed by atoms with Gasteiger partial charge in [-0.1, -0.05) is 5.21 Å². The third kappa shape index (κ3) is 2.47. The van der Waals surface area contributed by atoms with Crippen molar-refractivity contribution in [2.24, 2.45) is 0 Å². The molecule has 2 aromatic heterocycles. The number of halogens is 1. The number of hydrogen-bond donors (Lipinski definition) is 2. The van der Waals surface area contributed by atoms with E-state index in [1.807, 2.05) is 13.0 Å². The highest BCUT2D eigenvalue weighted by Crippen LogP contribution is 2.38. The van der Waals surface area contributed by atoms with E-state index in [1.54, 1.807) is 0 Å². The maximum atomic E-state index is 4.51. The fourth-order valence-electron chi connectivity index (χ4n) is 1.67. The molecular weight excluding hydrogens is 298 g/mol. The van der Waals surface area contributed by atoms with Gasteiger partial charge in [-0.3, -0.25) is 0 Å². The Morgan fingerprint density at radius 3 is 2.94 bits per heavy atom. The molecule has 94 valence electrons. The first-order valence-corrected chi connectivity index (χ1v) is 6.56. The van der Waals surface area contributed by atoms with E-state index in [9.17, 15) is 0 Å². The average Bonchev–Trinajstić information content (AvgIpc) is 3.03. The van der Waals surface area contributed by atoms with E-state index in [4.69, 9.17) is 0 Å². The first-order valence-electron chi connectivity index (χ1n) is 5.77. The second-order valence-electron chi connectivity index (χ2n) is 4.34. The van der Waals surface area contributed by atoms with Crippen molar-refractivity contribution in [1.29, 1.82) is 0 Å². The molecule has 0 saturated heterocycles. The van der Waals surface area contributed by atoms with E-state index in [2.05, 4.69) is 51.8 Å². The number of aromatic amines is 1. The highest BCUT2D eigenvalue weighted by molar-refractivity contribution is 9.10. The van der Waals surface area contributed by atoms with E-state index in [0.29, 0.717) is 11.7 Å². The summed E-state index contributed by atoms with van der Waals surface area (Å²) in [5, 5.41) is 17.1. The topological polar surface area (TPSA) is 92.3 Å². The summed E-state index contributed by atoms with van der Waals surface area (Å²) in [6.07, 6.45) is 2.35. The van der Waals surface area contributed by atoms with E-state index in [-0.39, 0.29) is 6.04 Å². The Bertz CT molecular complexity index is 537. The predicted octanol–water partition coefficient (Wildman–Crippen LogP) is 1.80. The van der Waals surface area contributed by atoms with E-state index < -0.39 is 0 Å². The molecule has 1 saturated carbocycles. The predicted molar refractivity (Wildman–Crippen MR) is 67.9 cm³/mol. The lowest BCUT2D eigenvalue weighted by molar-refractivity contribution is 0.781. The van der Waals surface area contributed by atoms with Crippen LogP contribution in [0.5, 0.6) is 0 Å². The van der Waals surface area contributed by atoms with Gasteiger partial charge in [0.1, 0.15) is 16.2 Å². The molecular formula is C10H12BrN7. The molecule has 1 aliphatic rings. The van der Waals surface area contributed by atoms with Crippen molar-refractivity contribution in [3.63, 3.8) is 0 Å². The third-order valence-corrected chi connectivity index (χ3v) is 3.17. The van der Waals surface area contributed by atoms with Crippen LogP contribution in [0.2, 0.25) is 0 Å². The standard InChI is InChI=1S/C10H12BrN7/c1-5(9-15-17-18-16-9)12-8-4-7(11)13-10(14-8)6-2-3-6/h4-6H,2-3H2,1H3,(H,12,13,14)(H,15,16,17,18). The van der Waals surface area contributed by atoms with Crippen molar-refractivity contribution < 1.29 is 0 Å². The van der Waals surface area contributed by atoms with Crippen LogP contribution in [-0.4, -0.2) is 30.6 Å². The molecule has 1 aliphatic carbocycles.